The van der Waals surface area contributed by atoms with E-state index in [-0.39, 0.29) is 5.91 Å². The maximum absolute atomic E-state index is 12.2. The zero-order chi connectivity index (χ0) is 15.2. The molecule has 3 N–H and O–H groups in total. The minimum atomic E-state index is -0.0371. The summed E-state index contributed by atoms with van der Waals surface area (Å²) in [5, 5.41) is 3.07. The van der Waals surface area contributed by atoms with Gasteiger partial charge in [-0.25, -0.2) is 0 Å². The molecule has 1 unspecified atom stereocenters. The number of nitrogens with one attached hydrogen (secondary N) is 1. The first-order chi connectivity index (χ1) is 10.1. The van der Waals surface area contributed by atoms with E-state index in [9.17, 15) is 4.79 Å². The molecule has 0 aliphatic heterocycles. The summed E-state index contributed by atoms with van der Waals surface area (Å²) in [6.45, 7) is 0.700. The second-order valence-corrected chi connectivity index (χ2v) is 6.26. The molecule has 1 fully saturated rings. The van der Waals surface area contributed by atoms with E-state index in [1.807, 2.05) is 6.07 Å². The van der Waals surface area contributed by atoms with Crippen LogP contribution in [-0.2, 0) is 0 Å². The molecule has 0 heterocycles. The molecule has 1 aliphatic carbocycles. The molecule has 116 valence electrons. The SMILES string of the molecule is CN(C)C(CNC(=O)c1cccc(N)c1)C1CCCCC1. The van der Waals surface area contributed by atoms with Crippen molar-refractivity contribution in [2.75, 3.05) is 26.4 Å². The number of carbonyl (C=O) groups is 1. The number of benzene rings is 1. The molecule has 0 saturated heterocycles. The fourth-order valence-electron chi connectivity index (χ4n) is 3.27. The Morgan fingerprint density at radius 1 is 1.33 bits per heavy atom. The lowest BCUT2D eigenvalue weighted by Gasteiger charge is -2.35. The second-order valence-electron chi connectivity index (χ2n) is 6.26. The van der Waals surface area contributed by atoms with Crippen LogP contribution in [0.4, 0.5) is 5.69 Å². The summed E-state index contributed by atoms with van der Waals surface area (Å²) in [5.74, 6) is 0.653. The van der Waals surface area contributed by atoms with Gasteiger partial charge in [-0.15, -0.1) is 0 Å². The molecule has 2 rings (SSSR count). The van der Waals surface area contributed by atoms with E-state index in [0.717, 1.165) is 0 Å². The third-order valence-corrected chi connectivity index (χ3v) is 4.48. The Balaban J connectivity index is 1.93. The van der Waals surface area contributed by atoms with Gasteiger partial charge in [0.15, 0.2) is 0 Å². The van der Waals surface area contributed by atoms with Crippen molar-refractivity contribution in [3.8, 4) is 0 Å². The van der Waals surface area contributed by atoms with Crippen molar-refractivity contribution in [2.45, 2.75) is 38.1 Å². The number of hydrogen-bond donors (Lipinski definition) is 2. The molecule has 0 bridgehead atoms. The van der Waals surface area contributed by atoms with E-state index in [0.29, 0.717) is 29.8 Å². The topological polar surface area (TPSA) is 58.4 Å². The van der Waals surface area contributed by atoms with Crippen LogP contribution < -0.4 is 11.1 Å². The van der Waals surface area contributed by atoms with Crippen LogP contribution >= 0.6 is 0 Å². The number of nitrogen functional groups attached to an aromatic ring is 1. The van der Waals surface area contributed by atoms with Gasteiger partial charge in [-0.2, -0.15) is 0 Å². The minimum absolute atomic E-state index is 0.0371. The number of hydrogen-bond acceptors (Lipinski definition) is 3. The maximum atomic E-state index is 12.2. The van der Waals surface area contributed by atoms with E-state index in [1.165, 1.54) is 32.1 Å². The van der Waals surface area contributed by atoms with Gasteiger partial charge in [0.05, 0.1) is 0 Å². The van der Waals surface area contributed by atoms with Crippen LogP contribution in [0.1, 0.15) is 42.5 Å². The number of nitrogens with two attached hydrogens (primary N) is 1. The second kappa shape index (κ2) is 7.46. The van der Waals surface area contributed by atoms with Crippen LogP contribution in [0.15, 0.2) is 24.3 Å². The van der Waals surface area contributed by atoms with E-state index < -0.39 is 0 Å². The van der Waals surface area contributed by atoms with Crippen LogP contribution in [0.2, 0.25) is 0 Å². The first kappa shape index (κ1) is 15.8. The van der Waals surface area contributed by atoms with Gasteiger partial charge in [0.25, 0.3) is 5.91 Å². The predicted molar refractivity (Wildman–Crippen MR) is 87.2 cm³/mol. The summed E-state index contributed by atoms with van der Waals surface area (Å²) in [7, 11) is 4.21. The molecule has 4 heteroatoms. The fraction of sp³-hybridized carbons (Fsp3) is 0.588. The van der Waals surface area contributed by atoms with Gasteiger partial charge in [0.1, 0.15) is 0 Å². The molecular formula is C17H27N3O. The zero-order valence-corrected chi connectivity index (χ0v) is 13.1. The number of carbonyl (C=O) groups excluding carboxylic acids is 1. The molecule has 1 aromatic rings. The minimum Gasteiger partial charge on any atom is -0.399 e. The van der Waals surface area contributed by atoms with E-state index in [2.05, 4.69) is 24.3 Å². The van der Waals surface area contributed by atoms with Crippen LogP contribution in [0.25, 0.3) is 0 Å². The molecule has 1 atom stereocenters. The molecule has 0 spiro atoms. The van der Waals surface area contributed by atoms with Crippen molar-refractivity contribution in [2.24, 2.45) is 5.92 Å². The number of amides is 1. The first-order valence-electron chi connectivity index (χ1n) is 7.88. The van der Waals surface area contributed by atoms with Gasteiger partial charge >= 0.3 is 0 Å². The Kier molecular flexibility index (Phi) is 5.62. The Bertz CT molecular complexity index is 467. The van der Waals surface area contributed by atoms with Gasteiger partial charge in [0.2, 0.25) is 0 Å². The summed E-state index contributed by atoms with van der Waals surface area (Å²) in [6.07, 6.45) is 6.54. The Hall–Kier alpha value is -1.55. The lowest BCUT2D eigenvalue weighted by molar-refractivity contribution is 0.0922. The number of nitrogens with zero attached hydrogens (tertiary/aromatic N) is 1. The first-order valence-corrected chi connectivity index (χ1v) is 7.88. The quantitative estimate of drug-likeness (QED) is 0.819. The highest BCUT2D eigenvalue weighted by molar-refractivity contribution is 5.94. The maximum Gasteiger partial charge on any atom is 0.251 e. The Morgan fingerprint density at radius 2 is 2.05 bits per heavy atom. The summed E-state index contributed by atoms with van der Waals surface area (Å²) in [6, 6.07) is 7.55. The van der Waals surface area contributed by atoms with Crippen molar-refractivity contribution in [1.82, 2.24) is 10.2 Å². The fourth-order valence-corrected chi connectivity index (χ4v) is 3.27. The van der Waals surface area contributed by atoms with Gasteiger partial charge < -0.3 is 16.0 Å². The van der Waals surface area contributed by atoms with Crippen molar-refractivity contribution in [1.29, 1.82) is 0 Å². The Morgan fingerprint density at radius 3 is 2.67 bits per heavy atom. The molecule has 0 aromatic heterocycles. The van der Waals surface area contributed by atoms with Crippen molar-refractivity contribution < 1.29 is 4.79 Å². The lowest BCUT2D eigenvalue weighted by Crippen LogP contribution is -2.45. The van der Waals surface area contributed by atoms with Crippen molar-refractivity contribution in [3.63, 3.8) is 0 Å². The molecule has 4 nitrogen and oxygen atoms in total. The molecule has 21 heavy (non-hydrogen) atoms. The van der Waals surface area contributed by atoms with E-state index >= 15 is 0 Å². The van der Waals surface area contributed by atoms with Crippen molar-refractivity contribution in [3.05, 3.63) is 29.8 Å². The van der Waals surface area contributed by atoms with Crippen LogP contribution in [-0.4, -0.2) is 37.5 Å². The summed E-state index contributed by atoms with van der Waals surface area (Å²) >= 11 is 0. The van der Waals surface area contributed by atoms with E-state index in [4.69, 9.17) is 5.73 Å². The smallest absolute Gasteiger partial charge is 0.251 e. The summed E-state index contributed by atoms with van der Waals surface area (Å²) in [5.41, 5.74) is 6.99. The molecule has 1 aromatic carbocycles. The average molecular weight is 289 g/mol. The Labute approximate surface area is 127 Å². The summed E-state index contributed by atoms with van der Waals surface area (Å²) < 4.78 is 0. The molecule has 0 radical (unpaired) electrons. The number of rotatable bonds is 5. The van der Waals surface area contributed by atoms with Crippen LogP contribution in [0.3, 0.4) is 0 Å². The molecular weight excluding hydrogens is 262 g/mol. The van der Waals surface area contributed by atoms with Gasteiger partial charge in [-0.05, 0) is 51.1 Å². The largest absolute Gasteiger partial charge is 0.399 e. The van der Waals surface area contributed by atoms with Gasteiger partial charge in [-0.3, -0.25) is 4.79 Å². The predicted octanol–water partition coefficient (Wildman–Crippen LogP) is 2.51. The third kappa shape index (κ3) is 4.46. The van der Waals surface area contributed by atoms with Crippen LogP contribution in [0.5, 0.6) is 0 Å². The normalized spacial score (nSPS) is 17.7. The standard InChI is InChI=1S/C17H27N3O/c1-20(2)16(13-7-4-3-5-8-13)12-19-17(21)14-9-6-10-15(18)11-14/h6,9-11,13,16H,3-5,7-8,12,18H2,1-2H3,(H,19,21). The monoisotopic (exact) mass is 289 g/mol. The summed E-state index contributed by atoms with van der Waals surface area (Å²) in [4.78, 5) is 14.5. The van der Waals surface area contributed by atoms with Crippen LogP contribution in [0, 0.1) is 5.92 Å². The zero-order valence-electron chi connectivity index (χ0n) is 13.1. The van der Waals surface area contributed by atoms with Gasteiger partial charge in [-0.1, -0.05) is 25.3 Å². The van der Waals surface area contributed by atoms with Crippen molar-refractivity contribution >= 4 is 11.6 Å². The highest BCUT2D eigenvalue weighted by atomic mass is 16.1. The molecule has 1 aliphatic rings. The number of anilines is 1. The number of likely N-dealkylation sites (N-methyl/N-ethyl adjacent to an activating group) is 1. The van der Waals surface area contributed by atoms with E-state index in [1.54, 1.807) is 18.2 Å². The highest BCUT2D eigenvalue weighted by Gasteiger charge is 2.25. The molecule has 1 saturated carbocycles. The van der Waals surface area contributed by atoms with Gasteiger partial charge in [0, 0.05) is 23.8 Å². The molecule has 1 amide bonds. The lowest BCUT2D eigenvalue weighted by atomic mass is 9.83. The highest BCUT2D eigenvalue weighted by Crippen LogP contribution is 2.28. The average Bonchev–Trinajstić information content (AvgIpc) is 2.48. The third-order valence-electron chi connectivity index (χ3n) is 4.48.